The number of carbonyl (C=O) groups excluding carboxylic acids is 1. The number of hydrogen-bond acceptors (Lipinski definition) is 2. The van der Waals surface area contributed by atoms with Gasteiger partial charge in [-0.25, -0.2) is 13.6 Å². The van der Waals surface area contributed by atoms with Gasteiger partial charge in [-0.1, -0.05) is 30.3 Å². The van der Waals surface area contributed by atoms with E-state index in [1.807, 2.05) is 23.2 Å². The number of piperidine rings is 1. The summed E-state index contributed by atoms with van der Waals surface area (Å²) in [5.41, 5.74) is 2.98. The molecule has 1 aliphatic heterocycles. The van der Waals surface area contributed by atoms with Gasteiger partial charge < -0.3 is 10.2 Å². The normalized spacial score (nSPS) is 14.5. The standard InChI is InChI=1S/C27H29F2N3O/c28-23-8-4-21(5-9-23)26(22-6-10-24(29)11-7-22)12-16-31-27(33)32-17-13-20(14-18-32)19-25-3-1-2-15-30-25/h1-11,15,20,26H,12-14,16-19H2,(H,31,33). The number of likely N-dealkylation sites (tertiary alicyclic amines) is 1. The van der Waals surface area contributed by atoms with E-state index in [9.17, 15) is 13.6 Å². The van der Waals surface area contributed by atoms with Crippen LogP contribution in [0.5, 0.6) is 0 Å². The lowest BCUT2D eigenvalue weighted by Gasteiger charge is -2.32. The summed E-state index contributed by atoms with van der Waals surface area (Å²) >= 11 is 0. The van der Waals surface area contributed by atoms with Gasteiger partial charge >= 0.3 is 6.03 Å². The predicted molar refractivity (Wildman–Crippen MR) is 125 cm³/mol. The highest BCUT2D eigenvalue weighted by atomic mass is 19.1. The van der Waals surface area contributed by atoms with Crippen LogP contribution in [0.4, 0.5) is 13.6 Å². The number of nitrogens with one attached hydrogen (secondary N) is 1. The molecule has 1 aromatic heterocycles. The Hall–Kier alpha value is -3.28. The van der Waals surface area contributed by atoms with Gasteiger partial charge in [0.15, 0.2) is 0 Å². The highest BCUT2D eigenvalue weighted by molar-refractivity contribution is 5.74. The fraction of sp³-hybridized carbons (Fsp3) is 0.333. The van der Waals surface area contributed by atoms with Gasteiger partial charge in [-0.2, -0.15) is 0 Å². The van der Waals surface area contributed by atoms with Crippen molar-refractivity contribution in [3.63, 3.8) is 0 Å². The maximum Gasteiger partial charge on any atom is 0.317 e. The van der Waals surface area contributed by atoms with E-state index in [4.69, 9.17) is 0 Å². The zero-order chi connectivity index (χ0) is 23.0. The average molecular weight is 450 g/mol. The number of halogens is 2. The van der Waals surface area contributed by atoms with E-state index >= 15 is 0 Å². The number of benzene rings is 2. The Morgan fingerprint density at radius 3 is 2.09 bits per heavy atom. The molecule has 4 nitrogen and oxygen atoms in total. The van der Waals surface area contributed by atoms with Crippen molar-refractivity contribution in [2.24, 2.45) is 5.92 Å². The molecule has 6 heteroatoms. The van der Waals surface area contributed by atoms with Crippen molar-refractivity contribution in [3.8, 4) is 0 Å². The molecular weight excluding hydrogens is 420 g/mol. The summed E-state index contributed by atoms with van der Waals surface area (Å²) in [4.78, 5) is 19.0. The van der Waals surface area contributed by atoms with Crippen LogP contribution in [0.3, 0.4) is 0 Å². The zero-order valence-electron chi connectivity index (χ0n) is 18.6. The van der Waals surface area contributed by atoms with Crippen LogP contribution in [0.15, 0.2) is 72.9 Å². The number of aromatic nitrogens is 1. The smallest absolute Gasteiger partial charge is 0.317 e. The fourth-order valence-corrected chi connectivity index (χ4v) is 4.51. The van der Waals surface area contributed by atoms with Crippen molar-refractivity contribution in [1.82, 2.24) is 15.2 Å². The first-order chi connectivity index (χ1) is 16.1. The number of carbonyl (C=O) groups is 1. The topological polar surface area (TPSA) is 45.2 Å². The van der Waals surface area contributed by atoms with Gasteiger partial charge in [-0.15, -0.1) is 0 Å². The largest absolute Gasteiger partial charge is 0.338 e. The van der Waals surface area contributed by atoms with Crippen molar-refractivity contribution in [3.05, 3.63) is 101 Å². The minimum atomic E-state index is -0.295. The van der Waals surface area contributed by atoms with E-state index in [1.54, 1.807) is 24.3 Å². The molecule has 2 aromatic carbocycles. The Kier molecular flexibility index (Phi) is 7.66. The van der Waals surface area contributed by atoms with Crippen LogP contribution < -0.4 is 5.32 Å². The number of amides is 2. The molecule has 1 aliphatic rings. The molecule has 0 bridgehead atoms. The first-order valence-electron chi connectivity index (χ1n) is 11.5. The summed E-state index contributed by atoms with van der Waals surface area (Å²) in [7, 11) is 0. The van der Waals surface area contributed by atoms with Gasteiger partial charge in [0.1, 0.15) is 11.6 Å². The molecule has 0 unspecified atom stereocenters. The first kappa shape index (κ1) is 22.9. The molecule has 0 saturated carbocycles. The molecule has 2 heterocycles. The van der Waals surface area contributed by atoms with Crippen molar-refractivity contribution >= 4 is 6.03 Å². The predicted octanol–water partition coefficient (Wildman–Crippen LogP) is 5.55. The molecule has 0 aliphatic carbocycles. The van der Waals surface area contributed by atoms with Gasteiger partial charge in [-0.3, -0.25) is 4.98 Å². The molecule has 0 radical (unpaired) electrons. The van der Waals surface area contributed by atoms with Crippen LogP contribution in [0.25, 0.3) is 0 Å². The third-order valence-electron chi connectivity index (χ3n) is 6.38. The van der Waals surface area contributed by atoms with Gasteiger partial charge in [-0.05, 0) is 79.1 Å². The molecule has 0 spiro atoms. The minimum absolute atomic E-state index is 0.0525. The summed E-state index contributed by atoms with van der Waals surface area (Å²) in [6.07, 6.45) is 5.35. The molecule has 1 N–H and O–H groups in total. The molecule has 172 valence electrons. The number of nitrogens with zero attached hydrogens (tertiary/aromatic N) is 2. The summed E-state index contributed by atoms with van der Waals surface area (Å²) in [6.45, 7) is 1.96. The number of urea groups is 1. The second-order valence-corrected chi connectivity index (χ2v) is 8.63. The SMILES string of the molecule is O=C(NCCC(c1ccc(F)cc1)c1ccc(F)cc1)N1CCC(Cc2ccccn2)CC1. The maximum absolute atomic E-state index is 13.4. The quantitative estimate of drug-likeness (QED) is 0.514. The second-order valence-electron chi connectivity index (χ2n) is 8.63. The maximum atomic E-state index is 13.4. The van der Waals surface area contributed by atoms with E-state index in [0.29, 0.717) is 18.9 Å². The zero-order valence-corrected chi connectivity index (χ0v) is 18.6. The molecular formula is C27H29F2N3O. The Balaban J connectivity index is 1.29. The van der Waals surface area contributed by atoms with E-state index < -0.39 is 0 Å². The highest BCUT2D eigenvalue weighted by Gasteiger charge is 2.23. The van der Waals surface area contributed by atoms with Crippen LogP contribution in [-0.2, 0) is 6.42 Å². The van der Waals surface area contributed by atoms with Crippen molar-refractivity contribution < 1.29 is 13.6 Å². The van der Waals surface area contributed by atoms with Crippen molar-refractivity contribution in [2.45, 2.75) is 31.6 Å². The van der Waals surface area contributed by atoms with E-state index in [-0.39, 0.29) is 23.6 Å². The second kappa shape index (κ2) is 11.0. The van der Waals surface area contributed by atoms with Crippen LogP contribution in [-0.4, -0.2) is 35.5 Å². The van der Waals surface area contributed by atoms with Gasteiger partial charge in [0.2, 0.25) is 0 Å². The van der Waals surface area contributed by atoms with Crippen LogP contribution >= 0.6 is 0 Å². The molecule has 3 aromatic rings. The molecule has 0 atom stereocenters. The Morgan fingerprint density at radius 1 is 0.939 bits per heavy atom. The molecule has 2 amide bonds. The molecule has 1 fully saturated rings. The highest BCUT2D eigenvalue weighted by Crippen LogP contribution is 2.28. The lowest BCUT2D eigenvalue weighted by Crippen LogP contribution is -2.45. The molecule has 1 saturated heterocycles. The van der Waals surface area contributed by atoms with E-state index in [2.05, 4.69) is 16.4 Å². The summed E-state index contributed by atoms with van der Waals surface area (Å²) in [5, 5.41) is 3.04. The first-order valence-corrected chi connectivity index (χ1v) is 11.5. The Morgan fingerprint density at radius 2 is 1.55 bits per heavy atom. The van der Waals surface area contributed by atoms with Crippen LogP contribution in [0.2, 0.25) is 0 Å². The number of hydrogen-bond donors (Lipinski definition) is 1. The van der Waals surface area contributed by atoms with Crippen molar-refractivity contribution in [1.29, 1.82) is 0 Å². The Labute approximate surface area is 193 Å². The van der Waals surface area contributed by atoms with Crippen LogP contribution in [0, 0.1) is 17.6 Å². The third-order valence-corrected chi connectivity index (χ3v) is 6.38. The van der Waals surface area contributed by atoms with E-state index in [0.717, 1.165) is 49.2 Å². The van der Waals surface area contributed by atoms with Crippen LogP contribution in [0.1, 0.15) is 42.0 Å². The van der Waals surface area contributed by atoms with Crippen molar-refractivity contribution in [2.75, 3.05) is 19.6 Å². The van der Waals surface area contributed by atoms with E-state index in [1.165, 1.54) is 24.3 Å². The van der Waals surface area contributed by atoms with Gasteiger partial charge in [0.25, 0.3) is 0 Å². The lowest BCUT2D eigenvalue weighted by atomic mass is 9.88. The van der Waals surface area contributed by atoms with Gasteiger partial charge in [0.05, 0.1) is 0 Å². The summed E-state index contributed by atoms with van der Waals surface area (Å²) < 4.78 is 26.8. The third kappa shape index (κ3) is 6.37. The Bertz CT molecular complexity index is 972. The fourth-order valence-electron chi connectivity index (χ4n) is 4.51. The average Bonchev–Trinajstić information content (AvgIpc) is 2.84. The molecule has 4 rings (SSSR count). The number of pyridine rings is 1. The lowest BCUT2D eigenvalue weighted by molar-refractivity contribution is 0.170. The number of rotatable bonds is 7. The molecule has 33 heavy (non-hydrogen) atoms. The summed E-state index contributed by atoms with van der Waals surface area (Å²) in [6, 6.07) is 18.6. The minimum Gasteiger partial charge on any atom is -0.338 e. The monoisotopic (exact) mass is 449 g/mol. The van der Waals surface area contributed by atoms with Gasteiger partial charge in [0, 0.05) is 37.4 Å². The summed E-state index contributed by atoms with van der Waals surface area (Å²) in [5.74, 6) is -0.103.